The second kappa shape index (κ2) is 12.1. The van der Waals surface area contributed by atoms with Crippen molar-refractivity contribution < 1.29 is 23.8 Å². The smallest absolute Gasteiger partial charge is 0.340 e. The van der Waals surface area contributed by atoms with E-state index in [-0.39, 0.29) is 11.9 Å². The highest BCUT2D eigenvalue weighted by Crippen LogP contribution is 2.28. The Morgan fingerprint density at radius 2 is 1.58 bits per heavy atom. The molecule has 0 aliphatic rings. The van der Waals surface area contributed by atoms with Crippen molar-refractivity contribution in [2.24, 2.45) is 0 Å². The minimum atomic E-state index is -1.11. The number of pyridine rings is 2. The molecule has 0 atom stereocenters. The maximum Gasteiger partial charge on any atom is 0.340 e. The van der Waals surface area contributed by atoms with Crippen LogP contribution in [-0.2, 0) is 20.9 Å². The molecule has 4 rings (SSSR count). The number of nitrogens with zero attached hydrogens (tertiary/aromatic N) is 3. The van der Waals surface area contributed by atoms with Crippen LogP contribution in [0.1, 0.15) is 20.7 Å². The number of hydrogen-bond donors (Lipinski definition) is 1. The lowest BCUT2D eigenvalue weighted by Gasteiger charge is -2.15. The van der Waals surface area contributed by atoms with Gasteiger partial charge in [0.2, 0.25) is 0 Å². The predicted molar refractivity (Wildman–Crippen MR) is 148 cm³/mol. The van der Waals surface area contributed by atoms with Gasteiger partial charge in [-0.1, -0.05) is 19.6 Å². The molecule has 36 heavy (non-hydrogen) atoms. The molecule has 0 fully saturated rings. The van der Waals surface area contributed by atoms with Gasteiger partial charge < -0.3 is 23.8 Å². The fraction of sp³-hybridized carbons (Fsp3) is 0.333. The number of aromatic nitrogens is 4. The molecule has 0 aliphatic carbocycles. The number of hydrogen-bond acceptors (Lipinski definition) is 7. The second-order valence-electron chi connectivity index (χ2n) is 9.05. The van der Waals surface area contributed by atoms with E-state index >= 15 is 0 Å². The minimum absolute atomic E-state index is 0.370. The van der Waals surface area contributed by atoms with E-state index in [1.165, 1.54) is 14.2 Å². The Balaban J connectivity index is 0.000000221. The molecule has 0 saturated carbocycles. The van der Waals surface area contributed by atoms with E-state index in [1.54, 1.807) is 30.9 Å². The monoisotopic (exact) mass is 638 g/mol. The zero-order valence-electron chi connectivity index (χ0n) is 20.7. The standard InChI is InChI=1S/C15H21BrN2O3Si.C9H7BrN2O2/c1-20-15(19)11-9-18(10-21-7-8-22(2,3)4)14-13(11)12(16)5-6-17-14;1-14-9(13)5-4-12-8-7(5)6(10)2-3-11-8/h5-6,9H,7-8,10H2,1-4H3;2-4H,1H3,(H,11,12). The number of fused-ring (bicyclic) bond motifs is 2. The molecular weight excluding hydrogens is 612 g/mol. The Hall–Kier alpha value is -2.54. The molecule has 9 nitrogen and oxygen atoms in total. The maximum absolute atomic E-state index is 11.9. The first-order valence-corrected chi connectivity index (χ1v) is 16.4. The lowest BCUT2D eigenvalue weighted by atomic mass is 10.2. The zero-order valence-corrected chi connectivity index (χ0v) is 24.9. The van der Waals surface area contributed by atoms with E-state index in [0.717, 1.165) is 32.4 Å². The molecular formula is C24H28Br2N4O5Si. The van der Waals surface area contributed by atoms with Crippen LogP contribution in [0.25, 0.3) is 22.1 Å². The molecule has 0 saturated heterocycles. The first kappa shape index (κ1) is 28.0. The molecule has 4 heterocycles. The Kier molecular flexibility index (Phi) is 9.45. The van der Waals surface area contributed by atoms with E-state index in [2.05, 4.69) is 71.2 Å². The van der Waals surface area contributed by atoms with Gasteiger partial charge in [0.1, 0.15) is 18.0 Å². The van der Waals surface area contributed by atoms with Gasteiger partial charge in [-0.2, -0.15) is 0 Å². The fourth-order valence-electron chi connectivity index (χ4n) is 3.37. The summed E-state index contributed by atoms with van der Waals surface area (Å²) >= 11 is 6.83. The van der Waals surface area contributed by atoms with Crippen LogP contribution in [0.4, 0.5) is 0 Å². The molecule has 0 unspecified atom stereocenters. The minimum Gasteiger partial charge on any atom is -0.465 e. The number of carbonyl (C=O) groups is 2. The Bertz CT molecular complexity index is 1380. The molecule has 0 amide bonds. The third-order valence-corrected chi connectivity index (χ3v) is 8.29. The molecule has 0 aromatic carbocycles. The highest BCUT2D eigenvalue weighted by molar-refractivity contribution is 9.11. The van der Waals surface area contributed by atoms with Gasteiger partial charge in [-0.25, -0.2) is 19.6 Å². The van der Waals surface area contributed by atoms with Crippen molar-refractivity contribution in [3.63, 3.8) is 0 Å². The molecule has 0 bridgehead atoms. The highest BCUT2D eigenvalue weighted by atomic mass is 79.9. The summed E-state index contributed by atoms with van der Waals surface area (Å²) in [4.78, 5) is 34.6. The van der Waals surface area contributed by atoms with Crippen molar-refractivity contribution in [3.8, 4) is 0 Å². The number of H-pyrrole nitrogens is 1. The molecule has 4 aromatic rings. The van der Waals surface area contributed by atoms with Gasteiger partial charge in [0.15, 0.2) is 0 Å². The van der Waals surface area contributed by atoms with Crippen LogP contribution in [0.3, 0.4) is 0 Å². The SMILES string of the molecule is COC(=O)c1c[nH]c2nccc(Br)c12.COC(=O)c1cn(COCC[Si](C)(C)C)c2nccc(Br)c12. The predicted octanol–water partition coefficient (Wildman–Crippen LogP) is 6.01. The zero-order chi connectivity index (χ0) is 26.5. The highest BCUT2D eigenvalue weighted by Gasteiger charge is 2.19. The molecule has 1 N–H and O–H groups in total. The van der Waals surface area contributed by atoms with Gasteiger partial charge in [-0.15, -0.1) is 0 Å². The summed E-state index contributed by atoms with van der Waals surface area (Å²) < 4.78 is 18.7. The van der Waals surface area contributed by atoms with Crippen LogP contribution in [0, 0.1) is 0 Å². The average Bonchev–Trinajstić information content (AvgIpc) is 3.44. The van der Waals surface area contributed by atoms with E-state index < -0.39 is 8.07 Å². The van der Waals surface area contributed by atoms with Crippen LogP contribution >= 0.6 is 31.9 Å². The van der Waals surface area contributed by atoms with Crippen molar-refractivity contribution in [2.75, 3.05) is 20.8 Å². The van der Waals surface area contributed by atoms with E-state index in [4.69, 9.17) is 9.47 Å². The Morgan fingerprint density at radius 3 is 2.22 bits per heavy atom. The summed E-state index contributed by atoms with van der Waals surface area (Å²) in [5.74, 6) is -0.746. The third-order valence-electron chi connectivity index (χ3n) is 5.27. The lowest BCUT2D eigenvalue weighted by Crippen LogP contribution is -2.22. The topological polar surface area (TPSA) is 108 Å². The lowest BCUT2D eigenvalue weighted by molar-refractivity contribution is 0.0592. The summed E-state index contributed by atoms with van der Waals surface area (Å²) in [5.41, 5.74) is 2.36. The second-order valence-corrected chi connectivity index (χ2v) is 16.4. The third kappa shape index (κ3) is 6.61. The van der Waals surface area contributed by atoms with Crippen LogP contribution in [0.15, 0.2) is 45.9 Å². The molecule has 0 aliphatic heterocycles. The number of methoxy groups -OCH3 is 2. The van der Waals surface area contributed by atoms with Crippen LogP contribution < -0.4 is 0 Å². The van der Waals surface area contributed by atoms with Gasteiger partial charge in [0.25, 0.3) is 0 Å². The van der Waals surface area contributed by atoms with E-state index in [0.29, 0.717) is 29.2 Å². The molecule has 192 valence electrons. The van der Waals surface area contributed by atoms with Crippen molar-refractivity contribution >= 4 is 73.9 Å². The van der Waals surface area contributed by atoms with Gasteiger partial charge in [0.05, 0.1) is 25.3 Å². The van der Waals surface area contributed by atoms with Crippen LogP contribution in [0.2, 0.25) is 25.7 Å². The Labute approximate surface area is 226 Å². The van der Waals surface area contributed by atoms with Crippen molar-refractivity contribution in [1.82, 2.24) is 19.5 Å². The van der Waals surface area contributed by atoms with Gasteiger partial charge >= 0.3 is 11.9 Å². The summed E-state index contributed by atoms with van der Waals surface area (Å²) in [6, 6.07) is 4.70. The number of aromatic amines is 1. The molecule has 0 spiro atoms. The normalized spacial score (nSPS) is 11.3. The number of nitrogens with one attached hydrogen (secondary N) is 1. The number of carbonyl (C=O) groups excluding carboxylic acids is 2. The van der Waals surface area contributed by atoms with Crippen LogP contribution in [-0.4, -0.2) is 60.4 Å². The molecule has 12 heteroatoms. The molecule has 4 aromatic heterocycles. The maximum atomic E-state index is 11.9. The molecule has 0 radical (unpaired) electrons. The number of ether oxygens (including phenoxy) is 3. The van der Waals surface area contributed by atoms with E-state index in [1.807, 2.05) is 10.6 Å². The van der Waals surface area contributed by atoms with Gasteiger partial charge in [0, 0.05) is 59.2 Å². The van der Waals surface area contributed by atoms with Crippen molar-refractivity contribution in [1.29, 1.82) is 0 Å². The summed E-state index contributed by atoms with van der Waals surface area (Å²) in [6.07, 6.45) is 6.69. The largest absolute Gasteiger partial charge is 0.465 e. The number of rotatable bonds is 7. The summed E-state index contributed by atoms with van der Waals surface area (Å²) in [6.45, 7) is 8.04. The summed E-state index contributed by atoms with van der Waals surface area (Å²) in [7, 11) is 1.62. The average molecular weight is 640 g/mol. The van der Waals surface area contributed by atoms with Gasteiger partial charge in [-0.05, 0) is 50.0 Å². The fourth-order valence-corrected chi connectivity index (χ4v) is 5.15. The van der Waals surface area contributed by atoms with E-state index in [9.17, 15) is 9.59 Å². The quantitative estimate of drug-likeness (QED) is 0.150. The van der Waals surface area contributed by atoms with Gasteiger partial charge in [-0.3, -0.25) is 0 Å². The first-order chi connectivity index (χ1) is 17.1. The summed E-state index contributed by atoms with van der Waals surface area (Å²) in [5, 5.41) is 1.50. The van der Waals surface area contributed by atoms with Crippen molar-refractivity contribution in [2.45, 2.75) is 32.4 Å². The number of halogens is 2. The van der Waals surface area contributed by atoms with Crippen molar-refractivity contribution in [3.05, 3.63) is 57.0 Å². The Morgan fingerprint density at radius 1 is 0.972 bits per heavy atom. The van der Waals surface area contributed by atoms with Crippen LogP contribution in [0.5, 0.6) is 0 Å². The number of esters is 2. The first-order valence-electron chi connectivity index (χ1n) is 11.1.